The van der Waals surface area contributed by atoms with E-state index >= 15 is 0 Å². The van der Waals surface area contributed by atoms with Crippen LogP contribution in [0.5, 0.6) is 0 Å². The molecule has 10 rings (SSSR count). The van der Waals surface area contributed by atoms with Crippen molar-refractivity contribution < 1.29 is 4.42 Å². The number of nitrogens with zero attached hydrogens (tertiary/aromatic N) is 4. The Labute approximate surface area is 294 Å². The zero-order chi connectivity index (χ0) is 33.7. The van der Waals surface area contributed by atoms with Crippen LogP contribution in [0.25, 0.3) is 72.1 Å². The van der Waals surface area contributed by atoms with Crippen LogP contribution in [0.1, 0.15) is 0 Å². The maximum Gasteiger partial charge on any atom is 0.228 e. The van der Waals surface area contributed by atoms with E-state index < -0.39 is 0 Å². The van der Waals surface area contributed by atoms with Gasteiger partial charge >= 0.3 is 0 Å². The SMILES string of the molecule is c1ccc(N(c2ccccc2)c2ccc(-c3cccc4c3c3ccccc3n4-c3ccccc3)c(-c3nc4c(ccc5cccnc54)o3)c2)cc1. The van der Waals surface area contributed by atoms with Crippen molar-refractivity contribution in [2.24, 2.45) is 0 Å². The van der Waals surface area contributed by atoms with Crippen LogP contribution >= 0.6 is 0 Å². The maximum absolute atomic E-state index is 6.67. The van der Waals surface area contributed by atoms with Crippen molar-refractivity contribution in [2.75, 3.05) is 4.90 Å². The largest absolute Gasteiger partial charge is 0.436 e. The van der Waals surface area contributed by atoms with E-state index in [1.165, 1.54) is 10.8 Å². The van der Waals surface area contributed by atoms with Gasteiger partial charge < -0.3 is 13.9 Å². The number of hydrogen-bond acceptors (Lipinski definition) is 4. The molecule has 0 atom stereocenters. The summed E-state index contributed by atoms with van der Waals surface area (Å²) in [7, 11) is 0. The fraction of sp³-hybridized carbons (Fsp3) is 0. The minimum atomic E-state index is 0.546. The van der Waals surface area contributed by atoms with Crippen LogP contribution in [0, 0.1) is 0 Å². The summed E-state index contributed by atoms with van der Waals surface area (Å²) < 4.78 is 9.02. The second-order valence-electron chi connectivity index (χ2n) is 12.6. The first-order valence-electron chi connectivity index (χ1n) is 17.1. The third-order valence-electron chi connectivity index (χ3n) is 9.65. The van der Waals surface area contributed by atoms with Gasteiger partial charge in [0, 0.05) is 50.7 Å². The number of aromatic nitrogens is 3. The molecule has 10 aromatic rings. The van der Waals surface area contributed by atoms with E-state index in [1.807, 2.05) is 36.5 Å². The van der Waals surface area contributed by atoms with E-state index in [0.29, 0.717) is 11.5 Å². The smallest absolute Gasteiger partial charge is 0.228 e. The summed E-state index contributed by atoms with van der Waals surface area (Å²) in [6.45, 7) is 0. The minimum absolute atomic E-state index is 0.546. The molecule has 0 saturated carbocycles. The normalized spacial score (nSPS) is 11.5. The van der Waals surface area contributed by atoms with Crippen LogP contribution in [-0.4, -0.2) is 14.5 Å². The summed E-state index contributed by atoms with van der Waals surface area (Å²) in [6, 6.07) is 61.4. The van der Waals surface area contributed by atoms with Crippen molar-refractivity contribution >= 4 is 60.9 Å². The van der Waals surface area contributed by atoms with Gasteiger partial charge in [-0.3, -0.25) is 4.98 Å². The molecule has 5 heteroatoms. The van der Waals surface area contributed by atoms with Crippen molar-refractivity contribution in [1.29, 1.82) is 0 Å². The first kappa shape index (κ1) is 29.0. The quantitative estimate of drug-likeness (QED) is 0.179. The molecule has 3 aromatic heterocycles. The second-order valence-corrected chi connectivity index (χ2v) is 12.6. The fourth-order valence-corrected chi connectivity index (χ4v) is 7.43. The average Bonchev–Trinajstić information content (AvgIpc) is 3.79. The molecule has 0 radical (unpaired) electrons. The van der Waals surface area contributed by atoms with Gasteiger partial charge in [-0.1, -0.05) is 97.1 Å². The number of benzene rings is 7. The van der Waals surface area contributed by atoms with Crippen molar-refractivity contribution in [1.82, 2.24) is 14.5 Å². The summed E-state index contributed by atoms with van der Waals surface area (Å²) in [4.78, 5) is 12.2. The summed E-state index contributed by atoms with van der Waals surface area (Å²) in [5.41, 5.74) is 11.8. The Morgan fingerprint density at radius 1 is 0.490 bits per heavy atom. The van der Waals surface area contributed by atoms with Gasteiger partial charge in [-0.15, -0.1) is 0 Å². The van der Waals surface area contributed by atoms with E-state index in [1.54, 1.807) is 0 Å². The van der Waals surface area contributed by atoms with Crippen LogP contribution in [0.3, 0.4) is 0 Å². The number of hydrogen-bond donors (Lipinski definition) is 0. The van der Waals surface area contributed by atoms with Crippen LogP contribution < -0.4 is 4.90 Å². The molecule has 0 unspecified atom stereocenters. The van der Waals surface area contributed by atoms with Gasteiger partial charge in [0.1, 0.15) is 5.52 Å². The molecule has 5 nitrogen and oxygen atoms in total. The number of anilines is 3. The van der Waals surface area contributed by atoms with Crippen molar-refractivity contribution in [3.05, 3.63) is 182 Å². The molecule has 0 spiro atoms. The predicted octanol–water partition coefficient (Wildman–Crippen LogP) is 12.3. The standard InChI is InChI=1S/C46H30N4O/c1-4-15-32(16-5-1)49(33-17-6-2-7-18-33)35-26-27-36(39(30-35)46-48-45-42(51-46)28-25-31-14-13-29-47-44(31)45)37-22-12-24-41-43(37)38-21-10-11-23-40(38)50(41)34-19-8-3-9-20-34/h1-30H. The molecule has 0 aliphatic heterocycles. The highest BCUT2D eigenvalue weighted by atomic mass is 16.3. The maximum atomic E-state index is 6.67. The molecule has 7 aromatic carbocycles. The first-order valence-corrected chi connectivity index (χ1v) is 17.1. The van der Waals surface area contributed by atoms with Crippen LogP contribution in [0.4, 0.5) is 17.1 Å². The van der Waals surface area contributed by atoms with E-state index in [0.717, 1.165) is 66.9 Å². The van der Waals surface area contributed by atoms with Crippen molar-refractivity contribution in [3.8, 4) is 28.3 Å². The summed E-state index contributed by atoms with van der Waals surface area (Å²) in [5.74, 6) is 0.546. The zero-order valence-corrected chi connectivity index (χ0v) is 27.5. The lowest BCUT2D eigenvalue weighted by atomic mass is 9.94. The molecular weight excluding hydrogens is 625 g/mol. The molecule has 0 bridgehead atoms. The van der Waals surface area contributed by atoms with E-state index in [2.05, 4.69) is 155 Å². The van der Waals surface area contributed by atoms with Gasteiger partial charge in [-0.2, -0.15) is 0 Å². The lowest BCUT2D eigenvalue weighted by Crippen LogP contribution is -2.10. The Hall–Kier alpha value is -6.98. The number of oxazole rings is 1. The predicted molar refractivity (Wildman–Crippen MR) is 209 cm³/mol. The fourth-order valence-electron chi connectivity index (χ4n) is 7.43. The Morgan fingerprint density at radius 2 is 1.20 bits per heavy atom. The highest BCUT2D eigenvalue weighted by molar-refractivity contribution is 6.17. The Balaban J connectivity index is 1.27. The van der Waals surface area contributed by atoms with Crippen LogP contribution in [0.2, 0.25) is 0 Å². The molecule has 0 aliphatic rings. The molecule has 0 N–H and O–H groups in total. The molecule has 51 heavy (non-hydrogen) atoms. The summed E-state index contributed by atoms with van der Waals surface area (Å²) in [6.07, 6.45) is 1.81. The van der Waals surface area contributed by atoms with E-state index in [-0.39, 0.29) is 0 Å². The van der Waals surface area contributed by atoms with Crippen LogP contribution in [0.15, 0.2) is 187 Å². The van der Waals surface area contributed by atoms with Crippen molar-refractivity contribution in [3.63, 3.8) is 0 Å². The lowest BCUT2D eigenvalue weighted by molar-refractivity contribution is 0.620. The zero-order valence-electron chi connectivity index (χ0n) is 27.5. The van der Waals surface area contributed by atoms with Gasteiger partial charge in [-0.05, 0) is 90.0 Å². The Bertz CT molecular complexity index is 2820. The van der Waals surface area contributed by atoms with Gasteiger partial charge in [0.15, 0.2) is 5.58 Å². The molecule has 0 amide bonds. The van der Waals surface area contributed by atoms with Crippen molar-refractivity contribution in [2.45, 2.75) is 0 Å². The molecule has 0 saturated heterocycles. The lowest BCUT2D eigenvalue weighted by Gasteiger charge is -2.26. The Kier molecular flexibility index (Phi) is 6.74. The number of fused-ring (bicyclic) bond motifs is 6. The van der Waals surface area contributed by atoms with E-state index in [9.17, 15) is 0 Å². The van der Waals surface area contributed by atoms with Crippen LogP contribution in [-0.2, 0) is 0 Å². The number of pyridine rings is 1. The third kappa shape index (κ3) is 4.78. The molecule has 0 fully saturated rings. The number of rotatable bonds is 6. The van der Waals surface area contributed by atoms with Gasteiger partial charge in [0.05, 0.1) is 16.6 Å². The summed E-state index contributed by atoms with van der Waals surface area (Å²) >= 11 is 0. The van der Waals surface area contributed by atoms with E-state index in [4.69, 9.17) is 14.4 Å². The van der Waals surface area contributed by atoms with Gasteiger partial charge in [0.2, 0.25) is 5.89 Å². The van der Waals surface area contributed by atoms with Gasteiger partial charge in [-0.25, -0.2) is 4.98 Å². The average molecular weight is 655 g/mol. The minimum Gasteiger partial charge on any atom is -0.436 e. The molecule has 3 heterocycles. The molecule has 0 aliphatic carbocycles. The second kappa shape index (κ2) is 11.9. The Morgan fingerprint density at radius 3 is 1.98 bits per heavy atom. The highest BCUT2D eigenvalue weighted by Crippen LogP contribution is 2.45. The molecule has 240 valence electrons. The highest BCUT2D eigenvalue weighted by Gasteiger charge is 2.23. The number of para-hydroxylation sites is 4. The first-order chi connectivity index (χ1) is 25.3. The topological polar surface area (TPSA) is 47.1 Å². The summed E-state index contributed by atoms with van der Waals surface area (Å²) in [5, 5.41) is 3.39. The third-order valence-corrected chi connectivity index (χ3v) is 9.65. The van der Waals surface area contributed by atoms with Gasteiger partial charge in [0.25, 0.3) is 0 Å². The molecular formula is C46H30N4O. The monoisotopic (exact) mass is 654 g/mol.